The predicted octanol–water partition coefficient (Wildman–Crippen LogP) is 1.81. The highest BCUT2D eigenvalue weighted by atomic mass is 32.3. The monoisotopic (exact) mass is 230 g/mol. The van der Waals surface area contributed by atoms with Gasteiger partial charge in [-0.3, -0.25) is 0 Å². The highest BCUT2D eigenvalue weighted by Gasteiger charge is 2.20. The summed E-state index contributed by atoms with van der Waals surface area (Å²) in [6.07, 6.45) is 0.854. The maximum Gasteiger partial charge on any atom is 0.306 e. The van der Waals surface area contributed by atoms with Crippen LogP contribution < -0.4 is 4.74 Å². The van der Waals surface area contributed by atoms with Gasteiger partial charge in [0.05, 0.1) is 0 Å². The largest absolute Gasteiger partial charge is 0.490 e. The molecule has 82 valence electrons. The van der Waals surface area contributed by atoms with E-state index in [1.807, 2.05) is 6.92 Å². The fourth-order valence-electron chi connectivity index (χ4n) is 1.76. The van der Waals surface area contributed by atoms with Gasteiger partial charge in [-0.2, -0.15) is 8.42 Å². The number of rotatable bonds is 2. The van der Waals surface area contributed by atoms with Gasteiger partial charge in [-0.1, -0.05) is 12.1 Å². The fraction of sp³-hybridized carbons (Fsp3) is 0.400. The Morgan fingerprint density at radius 1 is 1.53 bits per heavy atom. The summed E-state index contributed by atoms with van der Waals surface area (Å²) in [4.78, 5) is 0. The van der Waals surface area contributed by atoms with Crippen molar-refractivity contribution in [2.75, 3.05) is 0 Å². The quantitative estimate of drug-likeness (QED) is 0.728. The Morgan fingerprint density at radius 2 is 2.27 bits per heavy atom. The molecule has 0 spiro atoms. The van der Waals surface area contributed by atoms with Crippen molar-refractivity contribution in [2.24, 2.45) is 0 Å². The second kappa shape index (κ2) is 3.48. The minimum atomic E-state index is -4.45. The second-order valence-electron chi connectivity index (χ2n) is 3.76. The molecule has 1 aromatic carbocycles. The van der Waals surface area contributed by atoms with Gasteiger partial charge in [-0.15, -0.1) is 3.89 Å². The molecule has 0 radical (unpaired) electrons. The Labute approximate surface area is 88.1 Å². The summed E-state index contributed by atoms with van der Waals surface area (Å²) in [6.45, 7) is 1.94. The van der Waals surface area contributed by atoms with Crippen LogP contribution in [-0.4, -0.2) is 14.5 Å². The van der Waals surface area contributed by atoms with E-state index in [4.69, 9.17) is 4.74 Å². The maximum absolute atomic E-state index is 12.4. The first-order chi connectivity index (χ1) is 6.94. The van der Waals surface area contributed by atoms with E-state index in [0.29, 0.717) is 5.56 Å². The van der Waals surface area contributed by atoms with Crippen LogP contribution in [0, 0.1) is 0 Å². The summed E-state index contributed by atoms with van der Waals surface area (Å²) < 4.78 is 38.8. The molecule has 1 atom stereocenters. The molecule has 1 aliphatic rings. The van der Waals surface area contributed by atoms with Gasteiger partial charge in [0.15, 0.2) is 0 Å². The zero-order valence-corrected chi connectivity index (χ0v) is 9.05. The summed E-state index contributed by atoms with van der Waals surface area (Å²) in [5.41, 5.74) is 1.41. The van der Waals surface area contributed by atoms with E-state index < -0.39 is 16.0 Å². The fourth-order valence-corrected chi connectivity index (χ4v) is 2.34. The van der Waals surface area contributed by atoms with Crippen LogP contribution in [0.1, 0.15) is 18.1 Å². The van der Waals surface area contributed by atoms with Gasteiger partial charge in [0.25, 0.3) is 0 Å². The molecule has 1 heterocycles. The Bertz CT molecular complexity index is 481. The Morgan fingerprint density at radius 3 is 2.93 bits per heavy atom. The lowest BCUT2D eigenvalue weighted by Gasteiger charge is -2.02. The topological polar surface area (TPSA) is 43.4 Å². The number of ether oxygens (including phenoxy) is 1. The van der Waals surface area contributed by atoms with Crippen LogP contribution in [0.25, 0.3) is 0 Å². The van der Waals surface area contributed by atoms with Crippen molar-refractivity contribution in [2.45, 2.75) is 25.2 Å². The van der Waals surface area contributed by atoms with Crippen molar-refractivity contribution in [1.29, 1.82) is 0 Å². The van der Waals surface area contributed by atoms with E-state index in [1.165, 1.54) is 0 Å². The first-order valence-corrected chi connectivity index (χ1v) is 6.20. The van der Waals surface area contributed by atoms with Crippen molar-refractivity contribution >= 4 is 10.2 Å². The minimum Gasteiger partial charge on any atom is -0.490 e. The third-order valence-electron chi connectivity index (χ3n) is 2.30. The molecule has 1 aromatic rings. The van der Waals surface area contributed by atoms with Gasteiger partial charge in [-0.05, 0) is 24.1 Å². The molecule has 0 amide bonds. The number of benzene rings is 1. The summed E-state index contributed by atoms with van der Waals surface area (Å²) in [6, 6.07) is 4.96. The zero-order valence-electron chi connectivity index (χ0n) is 8.23. The predicted molar refractivity (Wildman–Crippen MR) is 54.0 cm³/mol. The molecule has 2 rings (SSSR count). The van der Waals surface area contributed by atoms with Gasteiger partial charge >= 0.3 is 10.2 Å². The van der Waals surface area contributed by atoms with E-state index in [1.54, 1.807) is 18.2 Å². The molecule has 0 fully saturated rings. The molecule has 0 saturated carbocycles. The molecular weight excluding hydrogens is 219 g/mol. The van der Waals surface area contributed by atoms with Crippen molar-refractivity contribution in [1.82, 2.24) is 0 Å². The second-order valence-corrected chi connectivity index (χ2v) is 5.12. The average Bonchev–Trinajstić information content (AvgIpc) is 2.40. The van der Waals surface area contributed by atoms with Crippen molar-refractivity contribution in [3.63, 3.8) is 0 Å². The van der Waals surface area contributed by atoms with E-state index in [-0.39, 0.29) is 6.10 Å². The van der Waals surface area contributed by atoms with E-state index in [9.17, 15) is 12.3 Å². The first kappa shape index (κ1) is 10.4. The highest BCUT2D eigenvalue weighted by Crippen LogP contribution is 2.29. The van der Waals surface area contributed by atoms with Gasteiger partial charge in [0.2, 0.25) is 0 Å². The van der Waals surface area contributed by atoms with E-state index >= 15 is 0 Å². The number of hydrogen-bond donors (Lipinski definition) is 0. The van der Waals surface area contributed by atoms with Crippen molar-refractivity contribution < 1.29 is 17.0 Å². The molecule has 3 nitrogen and oxygen atoms in total. The lowest BCUT2D eigenvalue weighted by atomic mass is 10.1. The van der Waals surface area contributed by atoms with Crippen LogP contribution in [0.4, 0.5) is 3.89 Å². The summed E-state index contributed by atoms with van der Waals surface area (Å²) in [7, 11) is -4.45. The Hall–Kier alpha value is -1.10. The molecule has 0 bridgehead atoms. The molecule has 15 heavy (non-hydrogen) atoms. The van der Waals surface area contributed by atoms with Crippen LogP contribution in [-0.2, 0) is 22.4 Å². The smallest absolute Gasteiger partial charge is 0.306 e. The third-order valence-corrected chi connectivity index (χ3v) is 2.98. The van der Waals surface area contributed by atoms with Gasteiger partial charge in [0.1, 0.15) is 17.6 Å². The third kappa shape index (κ3) is 2.47. The molecule has 0 N–H and O–H groups in total. The Balaban J connectivity index is 2.28. The number of fused-ring (bicyclic) bond motifs is 1. The van der Waals surface area contributed by atoms with Gasteiger partial charge in [-0.25, -0.2) is 0 Å². The molecule has 5 heteroatoms. The van der Waals surface area contributed by atoms with Gasteiger partial charge < -0.3 is 4.74 Å². The van der Waals surface area contributed by atoms with E-state index in [0.717, 1.165) is 17.7 Å². The zero-order chi connectivity index (χ0) is 11.1. The van der Waals surface area contributed by atoms with Gasteiger partial charge in [0, 0.05) is 6.42 Å². The number of hydrogen-bond acceptors (Lipinski definition) is 3. The van der Waals surface area contributed by atoms with Crippen molar-refractivity contribution in [3.05, 3.63) is 29.3 Å². The van der Waals surface area contributed by atoms with Crippen LogP contribution in [0.3, 0.4) is 0 Å². The maximum atomic E-state index is 12.4. The summed E-state index contributed by atoms with van der Waals surface area (Å²) in [5.74, 6) is 0.205. The van der Waals surface area contributed by atoms with Crippen molar-refractivity contribution in [3.8, 4) is 5.75 Å². The first-order valence-electron chi connectivity index (χ1n) is 4.65. The minimum absolute atomic E-state index is 0.109. The lowest BCUT2D eigenvalue weighted by Crippen LogP contribution is -2.05. The average molecular weight is 230 g/mol. The molecular formula is C10H11FO3S. The molecule has 0 aliphatic carbocycles. The molecule has 0 aromatic heterocycles. The summed E-state index contributed by atoms with van der Waals surface area (Å²) >= 11 is 0. The van der Waals surface area contributed by atoms with Crippen LogP contribution in [0.15, 0.2) is 18.2 Å². The van der Waals surface area contributed by atoms with E-state index in [2.05, 4.69) is 0 Å². The summed E-state index contributed by atoms with van der Waals surface area (Å²) in [5, 5.41) is 0. The SMILES string of the molecule is CC1Cc2cc(CS(=O)(=O)F)ccc2O1. The standard InChI is InChI=1S/C10H11FO3S/c1-7-4-9-5-8(6-15(11,12)13)2-3-10(9)14-7/h2-3,5,7H,4,6H2,1H3. The normalized spacial score (nSPS) is 19.7. The highest BCUT2D eigenvalue weighted by molar-refractivity contribution is 7.85. The lowest BCUT2D eigenvalue weighted by molar-refractivity contribution is 0.254. The number of halogens is 1. The van der Waals surface area contributed by atoms with Crippen LogP contribution in [0.5, 0.6) is 5.75 Å². The molecule has 1 unspecified atom stereocenters. The molecule has 1 aliphatic heterocycles. The molecule has 0 saturated heterocycles. The van der Waals surface area contributed by atoms with Crippen LogP contribution in [0.2, 0.25) is 0 Å². The van der Waals surface area contributed by atoms with Crippen LogP contribution >= 0.6 is 0 Å². The Kier molecular flexibility index (Phi) is 2.42.